The van der Waals surface area contributed by atoms with Crippen LogP contribution in [0.15, 0.2) is 18.2 Å². The second-order valence-corrected chi connectivity index (χ2v) is 4.61. The monoisotopic (exact) mass is 235 g/mol. The van der Waals surface area contributed by atoms with E-state index < -0.39 is 0 Å². The molecular weight excluding hydrogens is 217 g/mol. The van der Waals surface area contributed by atoms with Crippen molar-refractivity contribution in [1.82, 2.24) is 5.32 Å². The highest BCUT2D eigenvalue weighted by Gasteiger charge is 2.23. The predicted molar refractivity (Wildman–Crippen MR) is 65.1 cm³/mol. The minimum absolute atomic E-state index is 0.00468. The van der Waals surface area contributed by atoms with Gasteiger partial charge in [0, 0.05) is 6.42 Å². The Morgan fingerprint density at radius 1 is 1.53 bits per heavy atom. The molecule has 2 rings (SSSR count). The molecule has 1 N–H and O–H groups in total. The van der Waals surface area contributed by atoms with E-state index in [2.05, 4.69) is 12.2 Å². The molecule has 1 aromatic rings. The lowest BCUT2D eigenvalue weighted by molar-refractivity contribution is -0.121. The molecule has 2 nitrogen and oxygen atoms in total. The third-order valence-electron chi connectivity index (χ3n) is 3.28. The molecule has 1 aliphatic carbocycles. The van der Waals surface area contributed by atoms with Gasteiger partial charge in [0.15, 0.2) is 0 Å². The number of nitrogens with one attached hydrogen (secondary N) is 1. The molecule has 1 atom stereocenters. The fraction of sp³-hybridized carbons (Fsp3) is 0.500. The molecule has 0 spiro atoms. The third-order valence-corrected chi connectivity index (χ3v) is 3.28. The Bertz CT molecular complexity index is 417. The molecule has 92 valence electrons. The number of fused-ring (bicyclic) bond motifs is 1. The molecule has 0 heterocycles. The average molecular weight is 235 g/mol. The van der Waals surface area contributed by atoms with Crippen LogP contribution in [0.2, 0.25) is 0 Å². The number of hydrogen-bond acceptors (Lipinski definition) is 1. The van der Waals surface area contributed by atoms with Crippen molar-refractivity contribution < 1.29 is 9.18 Å². The summed E-state index contributed by atoms with van der Waals surface area (Å²) >= 11 is 0. The maximum Gasteiger partial charge on any atom is 0.220 e. The van der Waals surface area contributed by atoms with E-state index in [0.717, 1.165) is 36.8 Å². The van der Waals surface area contributed by atoms with Gasteiger partial charge >= 0.3 is 0 Å². The summed E-state index contributed by atoms with van der Waals surface area (Å²) in [5.41, 5.74) is 2.11. The first kappa shape index (κ1) is 12.1. The average Bonchev–Trinajstić information content (AvgIpc) is 2.69. The first-order chi connectivity index (χ1) is 8.20. The summed E-state index contributed by atoms with van der Waals surface area (Å²) in [5, 5.41) is 2.99. The summed E-state index contributed by atoms with van der Waals surface area (Å²) in [6, 6.07) is 4.86. The first-order valence-corrected chi connectivity index (χ1v) is 6.28. The highest BCUT2D eigenvalue weighted by atomic mass is 19.1. The lowest BCUT2D eigenvalue weighted by Crippen LogP contribution is -2.26. The number of hydrogen-bond donors (Lipinski definition) is 1. The highest BCUT2D eigenvalue weighted by Crippen LogP contribution is 2.31. The fourth-order valence-electron chi connectivity index (χ4n) is 2.33. The van der Waals surface area contributed by atoms with E-state index in [-0.39, 0.29) is 17.8 Å². The zero-order valence-electron chi connectivity index (χ0n) is 10.1. The van der Waals surface area contributed by atoms with Crippen LogP contribution in [0.5, 0.6) is 0 Å². The Kier molecular flexibility index (Phi) is 3.77. The van der Waals surface area contributed by atoms with Crippen LogP contribution in [-0.2, 0) is 11.2 Å². The van der Waals surface area contributed by atoms with Gasteiger partial charge < -0.3 is 5.32 Å². The number of carbonyl (C=O) groups is 1. The minimum atomic E-state index is -0.224. The van der Waals surface area contributed by atoms with Crippen LogP contribution < -0.4 is 5.32 Å². The Labute approximate surface area is 101 Å². The molecule has 0 saturated carbocycles. The van der Waals surface area contributed by atoms with Crippen molar-refractivity contribution in [1.29, 1.82) is 0 Å². The van der Waals surface area contributed by atoms with Crippen molar-refractivity contribution in [3.63, 3.8) is 0 Å². The molecular formula is C14H18FNO. The lowest BCUT2D eigenvalue weighted by atomic mass is 10.1. The van der Waals surface area contributed by atoms with Gasteiger partial charge in [0.2, 0.25) is 5.91 Å². The number of carbonyl (C=O) groups excluding carboxylic acids is 1. The SMILES string of the molecule is CCCCC(=O)NC1CCc2ccc(F)cc21. The molecule has 1 amide bonds. The Morgan fingerprint density at radius 2 is 2.35 bits per heavy atom. The minimum Gasteiger partial charge on any atom is -0.349 e. The molecule has 0 bridgehead atoms. The van der Waals surface area contributed by atoms with E-state index in [0.29, 0.717) is 6.42 Å². The fourth-order valence-corrected chi connectivity index (χ4v) is 2.33. The Hall–Kier alpha value is -1.38. The van der Waals surface area contributed by atoms with Crippen LogP contribution in [0.4, 0.5) is 4.39 Å². The Balaban J connectivity index is 2.01. The van der Waals surface area contributed by atoms with E-state index >= 15 is 0 Å². The van der Waals surface area contributed by atoms with Crippen LogP contribution in [-0.4, -0.2) is 5.91 Å². The maximum atomic E-state index is 13.2. The quantitative estimate of drug-likeness (QED) is 0.853. The molecule has 1 unspecified atom stereocenters. The van der Waals surface area contributed by atoms with Crippen LogP contribution >= 0.6 is 0 Å². The number of halogens is 1. The zero-order valence-corrected chi connectivity index (χ0v) is 10.1. The van der Waals surface area contributed by atoms with Gasteiger partial charge in [-0.3, -0.25) is 4.79 Å². The van der Waals surface area contributed by atoms with Crippen molar-refractivity contribution >= 4 is 5.91 Å². The van der Waals surface area contributed by atoms with Crippen molar-refractivity contribution in [3.05, 3.63) is 35.1 Å². The summed E-state index contributed by atoms with van der Waals surface area (Å²) in [7, 11) is 0. The second-order valence-electron chi connectivity index (χ2n) is 4.61. The largest absolute Gasteiger partial charge is 0.349 e. The van der Waals surface area contributed by atoms with Crippen molar-refractivity contribution in [2.45, 2.75) is 45.1 Å². The molecule has 3 heteroatoms. The highest BCUT2D eigenvalue weighted by molar-refractivity contribution is 5.76. The van der Waals surface area contributed by atoms with Gasteiger partial charge in [-0.05, 0) is 42.5 Å². The second kappa shape index (κ2) is 5.30. The van der Waals surface area contributed by atoms with Crippen molar-refractivity contribution in [3.8, 4) is 0 Å². The summed E-state index contributed by atoms with van der Waals surface area (Å²) < 4.78 is 13.2. The predicted octanol–water partition coefficient (Wildman–Crippen LogP) is 3.12. The van der Waals surface area contributed by atoms with Crippen LogP contribution in [0, 0.1) is 5.82 Å². The first-order valence-electron chi connectivity index (χ1n) is 6.28. The number of aryl methyl sites for hydroxylation is 1. The Morgan fingerprint density at radius 3 is 3.12 bits per heavy atom. The van der Waals surface area contributed by atoms with E-state index in [1.54, 1.807) is 6.07 Å². The van der Waals surface area contributed by atoms with E-state index in [9.17, 15) is 9.18 Å². The third kappa shape index (κ3) is 2.84. The smallest absolute Gasteiger partial charge is 0.220 e. The lowest BCUT2D eigenvalue weighted by Gasteiger charge is -2.14. The molecule has 0 fully saturated rings. The molecule has 1 aliphatic rings. The number of unbranched alkanes of at least 4 members (excludes halogenated alkanes) is 1. The summed E-state index contributed by atoms with van der Waals surface area (Å²) in [5.74, 6) is -0.146. The number of amides is 1. The van der Waals surface area contributed by atoms with E-state index in [1.165, 1.54) is 6.07 Å². The van der Waals surface area contributed by atoms with Crippen LogP contribution in [0.25, 0.3) is 0 Å². The number of rotatable bonds is 4. The van der Waals surface area contributed by atoms with Gasteiger partial charge in [-0.2, -0.15) is 0 Å². The summed E-state index contributed by atoms with van der Waals surface area (Å²) in [6.07, 6.45) is 4.31. The molecule has 0 radical (unpaired) electrons. The molecule has 17 heavy (non-hydrogen) atoms. The summed E-state index contributed by atoms with van der Waals surface area (Å²) in [6.45, 7) is 2.06. The molecule has 0 aromatic heterocycles. The molecule has 0 saturated heterocycles. The number of benzene rings is 1. The van der Waals surface area contributed by atoms with Crippen molar-refractivity contribution in [2.75, 3.05) is 0 Å². The van der Waals surface area contributed by atoms with Crippen LogP contribution in [0.1, 0.15) is 49.8 Å². The van der Waals surface area contributed by atoms with Gasteiger partial charge in [0.25, 0.3) is 0 Å². The van der Waals surface area contributed by atoms with Gasteiger partial charge in [-0.1, -0.05) is 19.4 Å². The zero-order chi connectivity index (χ0) is 12.3. The van der Waals surface area contributed by atoms with Crippen molar-refractivity contribution in [2.24, 2.45) is 0 Å². The van der Waals surface area contributed by atoms with Gasteiger partial charge in [0.1, 0.15) is 5.82 Å². The van der Waals surface area contributed by atoms with Gasteiger partial charge in [-0.15, -0.1) is 0 Å². The standard InChI is InChI=1S/C14H18FNO/c1-2-3-4-14(17)16-13-8-6-10-5-7-11(15)9-12(10)13/h5,7,9,13H,2-4,6,8H2,1H3,(H,16,17). The van der Waals surface area contributed by atoms with E-state index in [1.807, 2.05) is 6.07 Å². The topological polar surface area (TPSA) is 29.1 Å². The summed E-state index contributed by atoms with van der Waals surface area (Å²) in [4.78, 5) is 11.6. The molecule has 1 aromatic carbocycles. The normalized spacial score (nSPS) is 17.9. The molecule has 0 aliphatic heterocycles. The maximum absolute atomic E-state index is 13.2. The van der Waals surface area contributed by atoms with Gasteiger partial charge in [0.05, 0.1) is 6.04 Å². The van der Waals surface area contributed by atoms with Crippen LogP contribution in [0.3, 0.4) is 0 Å². The van der Waals surface area contributed by atoms with E-state index in [4.69, 9.17) is 0 Å². The van der Waals surface area contributed by atoms with Gasteiger partial charge in [-0.25, -0.2) is 4.39 Å².